The zero-order valence-electron chi connectivity index (χ0n) is 14.6. The van der Waals surface area contributed by atoms with Crippen molar-refractivity contribution in [3.05, 3.63) is 59.2 Å². The molecule has 0 unspecified atom stereocenters. The van der Waals surface area contributed by atoms with Gasteiger partial charge in [0.15, 0.2) is 11.5 Å². The summed E-state index contributed by atoms with van der Waals surface area (Å²) in [5, 5.41) is 0. The van der Waals surface area contributed by atoms with Gasteiger partial charge in [-0.1, -0.05) is 30.3 Å². The molecule has 0 bridgehead atoms. The summed E-state index contributed by atoms with van der Waals surface area (Å²) in [5.74, 6) is 0.604. The van der Waals surface area contributed by atoms with Crippen molar-refractivity contribution < 1.29 is 19.1 Å². The van der Waals surface area contributed by atoms with Gasteiger partial charge in [0, 0.05) is 12.0 Å². The normalized spacial score (nSPS) is 10.0. The van der Waals surface area contributed by atoms with Gasteiger partial charge in [0.2, 0.25) is 5.91 Å². The molecule has 0 radical (unpaired) electrons. The van der Waals surface area contributed by atoms with Gasteiger partial charge >= 0.3 is 0 Å². The lowest BCUT2D eigenvalue weighted by Crippen LogP contribution is -2.41. The van der Waals surface area contributed by atoms with Crippen LogP contribution in [0.1, 0.15) is 27.9 Å². The Bertz CT molecular complexity index is 759. The first-order valence-electron chi connectivity index (χ1n) is 7.91. The number of amides is 2. The van der Waals surface area contributed by atoms with Crippen LogP contribution in [0.4, 0.5) is 0 Å². The first kappa shape index (κ1) is 18.3. The zero-order chi connectivity index (χ0) is 18.2. The number of hydrogen-bond donors (Lipinski definition) is 2. The number of para-hydroxylation sites is 1. The van der Waals surface area contributed by atoms with E-state index in [0.29, 0.717) is 23.5 Å². The van der Waals surface area contributed by atoms with Crippen molar-refractivity contribution in [3.8, 4) is 11.5 Å². The molecule has 2 N–H and O–H groups in total. The second-order valence-electron chi connectivity index (χ2n) is 5.47. The molecule has 0 atom stereocenters. The third kappa shape index (κ3) is 4.73. The highest BCUT2D eigenvalue weighted by Crippen LogP contribution is 2.31. The first-order chi connectivity index (χ1) is 12.1. The zero-order valence-corrected chi connectivity index (χ0v) is 14.6. The van der Waals surface area contributed by atoms with Crippen molar-refractivity contribution in [1.29, 1.82) is 0 Å². The quantitative estimate of drug-likeness (QED) is 0.791. The monoisotopic (exact) mass is 342 g/mol. The highest BCUT2D eigenvalue weighted by molar-refractivity contribution is 5.96. The first-order valence-corrected chi connectivity index (χ1v) is 7.91. The SMILES string of the molecule is COc1cccc(CCC(=O)NNC(=O)c2ccccc2C)c1OC. The summed E-state index contributed by atoms with van der Waals surface area (Å²) in [7, 11) is 3.12. The number of aryl methyl sites for hydroxylation is 2. The standard InChI is InChI=1S/C19H22N2O4/c1-13-7-4-5-9-15(13)19(23)21-20-17(22)12-11-14-8-6-10-16(24-2)18(14)25-3/h4-10H,11-12H2,1-3H3,(H,20,22)(H,21,23). The molecule has 0 aromatic heterocycles. The molecule has 2 aromatic rings. The minimum absolute atomic E-state index is 0.206. The molecule has 0 heterocycles. The molecule has 25 heavy (non-hydrogen) atoms. The Morgan fingerprint density at radius 3 is 2.40 bits per heavy atom. The highest BCUT2D eigenvalue weighted by Gasteiger charge is 2.12. The van der Waals surface area contributed by atoms with Gasteiger partial charge < -0.3 is 9.47 Å². The Labute approximate surface area is 147 Å². The lowest BCUT2D eigenvalue weighted by molar-refractivity contribution is -0.121. The van der Waals surface area contributed by atoms with Crippen LogP contribution in [0.15, 0.2) is 42.5 Å². The molecular weight excluding hydrogens is 320 g/mol. The van der Waals surface area contributed by atoms with Crippen LogP contribution in [0, 0.1) is 6.92 Å². The van der Waals surface area contributed by atoms with E-state index in [1.54, 1.807) is 32.4 Å². The average Bonchev–Trinajstić information content (AvgIpc) is 2.64. The third-order valence-corrected chi connectivity index (χ3v) is 3.81. The Hall–Kier alpha value is -3.02. The molecule has 2 rings (SSSR count). The van der Waals surface area contributed by atoms with E-state index in [-0.39, 0.29) is 18.2 Å². The second kappa shape index (κ2) is 8.73. The summed E-state index contributed by atoms with van der Waals surface area (Å²) in [6, 6.07) is 12.7. The van der Waals surface area contributed by atoms with Crippen LogP contribution in [-0.4, -0.2) is 26.0 Å². The maximum atomic E-state index is 12.1. The van der Waals surface area contributed by atoms with Crippen molar-refractivity contribution in [2.75, 3.05) is 14.2 Å². The van der Waals surface area contributed by atoms with Crippen molar-refractivity contribution in [2.45, 2.75) is 19.8 Å². The van der Waals surface area contributed by atoms with Gasteiger partial charge in [-0.05, 0) is 36.6 Å². The number of rotatable bonds is 6. The van der Waals surface area contributed by atoms with Crippen molar-refractivity contribution in [1.82, 2.24) is 10.9 Å². The fraction of sp³-hybridized carbons (Fsp3) is 0.263. The Morgan fingerprint density at radius 2 is 1.72 bits per heavy atom. The number of hydrazine groups is 1. The number of carbonyl (C=O) groups excluding carboxylic acids is 2. The summed E-state index contributed by atoms with van der Waals surface area (Å²) in [6.07, 6.45) is 0.671. The fourth-order valence-electron chi connectivity index (χ4n) is 2.48. The van der Waals surface area contributed by atoms with Gasteiger partial charge in [-0.25, -0.2) is 0 Å². The number of ether oxygens (including phenoxy) is 2. The van der Waals surface area contributed by atoms with E-state index in [4.69, 9.17) is 9.47 Å². The van der Waals surface area contributed by atoms with E-state index in [0.717, 1.165) is 11.1 Å². The molecule has 0 fully saturated rings. The molecule has 0 aliphatic carbocycles. The molecular formula is C19H22N2O4. The van der Waals surface area contributed by atoms with Crippen LogP contribution < -0.4 is 20.3 Å². The van der Waals surface area contributed by atoms with E-state index >= 15 is 0 Å². The summed E-state index contributed by atoms with van der Waals surface area (Å²) >= 11 is 0. The maximum Gasteiger partial charge on any atom is 0.269 e. The van der Waals surface area contributed by atoms with E-state index in [9.17, 15) is 9.59 Å². The number of methoxy groups -OCH3 is 2. The molecule has 0 saturated heterocycles. The molecule has 6 nitrogen and oxygen atoms in total. The van der Waals surface area contributed by atoms with E-state index in [1.165, 1.54) is 0 Å². The second-order valence-corrected chi connectivity index (χ2v) is 5.47. The van der Waals surface area contributed by atoms with Crippen LogP contribution in [-0.2, 0) is 11.2 Å². The summed E-state index contributed by atoms with van der Waals surface area (Å²) in [4.78, 5) is 24.1. The van der Waals surface area contributed by atoms with Crippen LogP contribution in [0.5, 0.6) is 11.5 Å². The fourth-order valence-corrected chi connectivity index (χ4v) is 2.48. The summed E-state index contributed by atoms with van der Waals surface area (Å²) < 4.78 is 10.6. The van der Waals surface area contributed by atoms with E-state index in [1.807, 2.05) is 31.2 Å². The smallest absolute Gasteiger partial charge is 0.269 e. The topological polar surface area (TPSA) is 76.7 Å². The van der Waals surface area contributed by atoms with Gasteiger partial charge in [-0.2, -0.15) is 0 Å². The molecule has 6 heteroatoms. The minimum atomic E-state index is -0.342. The lowest BCUT2D eigenvalue weighted by Gasteiger charge is -2.13. The Kier molecular flexibility index (Phi) is 6.39. The van der Waals surface area contributed by atoms with Gasteiger partial charge in [0.25, 0.3) is 5.91 Å². The molecule has 0 aliphatic rings. The van der Waals surface area contributed by atoms with Crippen LogP contribution >= 0.6 is 0 Å². The number of carbonyl (C=O) groups is 2. The molecule has 2 aromatic carbocycles. The van der Waals surface area contributed by atoms with Crippen LogP contribution in [0.25, 0.3) is 0 Å². The van der Waals surface area contributed by atoms with E-state index in [2.05, 4.69) is 10.9 Å². The van der Waals surface area contributed by atoms with Gasteiger partial charge in [0.05, 0.1) is 14.2 Å². The van der Waals surface area contributed by atoms with Gasteiger partial charge in [0.1, 0.15) is 0 Å². The number of nitrogens with one attached hydrogen (secondary N) is 2. The van der Waals surface area contributed by atoms with Crippen LogP contribution in [0.2, 0.25) is 0 Å². The summed E-state index contributed by atoms with van der Waals surface area (Å²) in [5.41, 5.74) is 7.10. The minimum Gasteiger partial charge on any atom is -0.493 e. The molecule has 0 saturated carbocycles. The van der Waals surface area contributed by atoms with Gasteiger partial charge in [-0.15, -0.1) is 0 Å². The summed E-state index contributed by atoms with van der Waals surface area (Å²) in [6.45, 7) is 1.84. The Balaban J connectivity index is 1.89. The number of hydrogen-bond acceptors (Lipinski definition) is 4. The molecule has 2 amide bonds. The molecule has 0 spiro atoms. The van der Waals surface area contributed by atoms with Crippen molar-refractivity contribution in [3.63, 3.8) is 0 Å². The lowest BCUT2D eigenvalue weighted by atomic mass is 10.1. The average molecular weight is 342 g/mol. The molecule has 0 aliphatic heterocycles. The van der Waals surface area contributed by atoms with Crippen molar-refractivity contribution in [2.24, 2.45) is 0 Å². The maximum absolute atomic E-state index is 12.1. The van der Waals surface area contributed by atoms with Gasteiger partial charge in [-0.3, -0.25) is 20.4 Å². The predicted molar refractivity (Wildman–Crippen MR) is 94.7 cm³/mol. The molecule has 132 valence electrons. The van der Waals surface area contributed by atoms with E-state index < -0.39 is 0 Å². The van der Waals surface area contributed by atoms with Crippen molar-refractivity contribution >= 4 is 11.8 Å². The number of benzene rings is 2. The third-order valence-electron chi connectivity index (χ3n) is 3.81. The largest absolute Gasteiger partial charge is 0.493 e. The Morgan fingerprint density at radius 1 is 0.960 bits per heavy atom. The van der Waals surface area contributed by atoms with Crippen LogP contribution in [0.3, 0.4) is 0 Å². The highest BCUT2D eigenvalue weighted by atomic mass is 16.5. The predicted octanol–water partition coefficient (Wildman–Crippen LogP) is 2.41.